The lowest BCUT2D eigenvalue weighted by Gasteiger charge is -2.31. The predicted molar refractivity (Wildman–Crippen MR) is 65.9 cm³/mol. The van der Waals surface area contributed by atoms with Crippen LogP contribution in [-0.2, 0) is 6.54 Å². The molecular formula is C11H12N4S. The van der Waals surface area contributed by atoms with Gasteiger partial charge in [0.25, 0.3) is 0 Å². The molecule has 5 heteroatoms. The Morgan fingerprint density at radius 2 is 2.31 bits per heavy atom. The number of hydrogen-bond acceptors (Lipinski definition) is 5. The first kappa shape index (κ1) is 9.59. The second-order valence-electron chi connectivity index (χ2n) is 3.76. The van der Waals surface area contributed by atoms with E-state index >= 15 is 0 Å². The number of anilines is 2. The Morgan fingerprint density at radius 1 is 1.38 bits per heavy atom. The standard InChI is InChI=1S/C11H12N4S/c1-2-4-11-10(3-1)12-5-6-15(11)7-9-8-16-14-13-9/h1-4,8,12H,5-7H2. The number of benzene rings is 1. The van der Waals surface area contributed by atoms with Gasteiger partial charge in [0.2, 0.25) is 0 Å². The lowest BCUT2D eigenvalue weighted by molar-refractivity contribution is 0.768. The molecule has 0 unspecified atom stereocenters. The average molecular weight is 232 g/mol. The fourth-order valence-electron chi connectivity index (χ4n) is 1.96. The zero-order valence-electron chi connectivity index (χ0n) is 8.76. The Bertz CT molecular complexity index is 469. The van der Waals surface area contributed by atoms with Crippen molar-refractivity contribution in [2.75, 3.05) is 23.3 Å². The molecule has 0 atom stereocenters. The first-order chi connectivity index (χ1) is 7.93. The van der Waals surface area contributed by atoms with Gasteiger partial charge in [-0.3, -0.25) is 0 Å². The van der Waals surface area contributed by atoms with Crippen LogP contribution in [0.3, 0.4) is 0 Å². The largest absolute Gasteiger partial charge is 0.382 e. The fourth-order valence-corrected chi connectivity index (χ4v) is 2.40. The van der Waals surface area contributed by atoms with Gasteiger partial charge in [-0.25, -0.2) is 0 Å². The van der Waals surface area contributed by atoms with Crippen molar-refractivity contribution in [3.05, 3.63) is 35.3 Å². The highest BCUT2D eigenvalue weighted by Crippen LogP contribution is 2.29. The first-order valence-corrected chi connectivity index (χ1v) is 6.11. The van der Waals surface area contributed by atoms with Crippen molar-refractivity contribution in [1.82, 2.24) is 9.59 Å². The summed E-state index contributed by atoms with van der Waals surface area (Å²) in [7, 11) is 0. The van der Waals surface area contributed by atoms with Gasteiger partial charge in [0.05, 0.1) is 23.6 Å². The van der Waals surface area contributed by atoms with Crippen LogP contribution in [0.2, 0.25) is 0 Å². The summed E-state index contributed by atoms with van der Waals surface area (Å²) < 4.78 is 3.89. The van der Waals surface area contributed by atoms with Crippen molar-refractivity contribution < 1.29 is 0 Å². The zero-order valence-corrected chi connectivity index (χ0v) is 9.57. The molecule has 0 spiro atoms. The van der Waals surface area contributed by atoms with Crippen LogP contribution in [0.4, 0.5) is 11.4 Å². The smallest absolute Gasteiger partial charge is 0.0948 e. The molecule has 0 fully saturated rings. The van der Waals surface area contributed by atoms with E-state index in [0.29, 0.717) is 0 Å². The molecule has 3 rings (SSSR count). The molecule has 1 aliphatic rings. The molecule has 1 aliphatic heterocycles. The molecule has 0 saturated heterocycles. The molecule has 0 radical (unpaired) electrons. The van der Waals surface area contributed by atoms with E-state index in [1.54, 1.807) is 0 Å². The molecule has 2 heterocycles. The predicted octanol–water partition coefficient (Wildman–Crippen LogP) is 1.97. The van der Waals surface area contributed by atoms with Crippen LogP contribution >= 0.6 is 11.5 Å². The van der Waals surface area contributed by atoms with E-state index in [-0.39, 0.29) is 0 Å². The van der Waals surface area contributed by atoms with Crippen LogP contribution < -0.4 is 10.2 Å². The van der Waals surface area contributed by atoms with Gasteiger partial charge in [-0.15, -0.1) is 5.10 Å². The monoisotopic (exact) mass is 232 g/mol. The Hall–Kier alpha value is -1.62. The van der Waals surface area contributed by atoms with E-state index in [1.807, 2.05) is 5.38 Å². The molecule has 0 bridgehead atoms. The molecule has 16 heavy (non-hydrogen) atoms. The first-order valence-electron chi connectivity index (χ1n) is 5.27. The van der Waals surface area contributed by atoms with Gasteiger partial charge in [-0.1, -0.05) is 16.6 Å². The second-order valence-corrected chi connectivity index (χ2v) is 4.37. The highest BCUT2D eigenvalue weighted by atomic mass is 32.1. The summed E-state index contributed by atoms with van der Waals surface area (Å²) in [5, 5.41) is 9.49. The Balaban J connectivity index is 1.87. The lowest BCUT2D eigenvalue weighted by Crippen LogP contribution is -2.33. The van der Waals surface area contributed by atoms with Gasteiger partial charge < -0.3 is 10.2 Å². The molecule has 2 aromatic rings. The van der Waals surface area contributed by atoms with E-state index in [9.17, 15) is 0 Å². The van der Waals surface area contributed by atoms with Gasteiger partial charge in [0.15, 0.2) is 0 Å². The summed E-state index contributed by atoms with van der Waals surface area (Å²) in [5.74, 6) is 0. The third kappa shape index (κ3) is 1.74. The number of aromatic nitrogens is 2. The van der Waals surface area contributed by atoms with E-state index in [0.717, 1.165) is 25.3 Å². The number of para-hydroxylation sites is 2. The van der Waals surface area contributed by atoms with Crippen molar-refractivity contribution in [3.8, 4) is 0 Å². The Morgan fingerprint density at radius 3 is 3.19 bits per heavy atom. The highest BCUT2D eigenvalue weighted by molar-refractivity contribution is 7.03. The molecule has 1 N–H and O–H groups in total. The van der Waals surface area contributed by atoms with Crippen molar-refractivity contribution in [1.29, 1.82) is 0 Å². The number of nitrogens with one attached hydrogen (secondary N) is 1. The van der Waals surface area contributed by atoms with Crippen LogP contribution in [0.5, 0.6) is 0 Å². The zero-order chi connectivity index (χ0) is 10.8. The van der Waals surface area contributed by atoms with Gasteiger partial charge in [-0.2, -0.15) is 0 Å². The maximum Gasteiger partial charge on any atom is 0.0948 e. The summed E-state index contributed by atoms with van der Waals surface area (Å²) in [4.78, 5) is 2.34. The van der Waals surface area contributed by atoms with Gasteiger partial charge >= 0.3 is 0 Å². The SMILES string of the molecule is c1ccc2c(c1)NCCN2Cc1csnn1. The normalized spacial score (nSPS) is 14.4. The minimum absolute atomic E-state index is 0.842. The maximum absolute atomic E-state index is 4.09. The van der Waals surface area contributed by atoms with Crippen LogP contribution in [0.25, 0.3) is 0 Å². The molecule has 4 nitrogen and oxygen atoms in total. The van der Waals surface area contributed by atoms with E-state index in [1.165, 1.54) is 22.9 Å². The molecule has 0 amide bonds. The molecule has 0 saturated carbocycles. The summed E-state index contributed by atoms with van der Waals surface area (Å²) in [6.45, 7) is 2.83. The second kappa shape index (κ2) is 4.09. The van der Waals surface area contributed by atoms with Gasteiger partial charge in [-0.05, 0) is 23.7 Å². The summed E-state index contributed by atoms with van der Waals surface area (Å²) in [6.07, 6.45) is 0. The number of nitrogens with zero attached hydrogens (tertiary/aromatic N) is 3. The lowest BCUT2D eigenvalue weighted by atomic mass is 10.2. The van der Waals surface area contributed by atoms with E-state index in [4.69, 9.17) is 0 Å². The van der Waals surface area contributed by atoms with Crippen LogP contribution in [0.15, 0.2) is 29.6 Å². The molecule has 0 aliphatic carbocycles. The maximum atomic E-state index is 4.09. The Kier molecular flexibility index (Phi) is 2.46. The third-order valence-electron chi connectivity index (χ3n) is 2.70. The fraction of sp³-hybridized carbons (Fsp3) is 0.273. The number of rotatable bonds is 2. The van der Waals surface area contributed by atoms with Gasteiger partial charge in [0.1, 0.15) is 0 Å². The van der Waals surface area contributed by atoms with Crippen LogP contribution in [-0.4, -0.2) is 22.7 Å². The molecule has 82 valence electrons. The van der Waals surface area contributed by atoms with Crippen LogP contribution in [0.1, 0.15) is 5.69 Å². The van der Waals surface area contributed by atoms with Crippen molar-refractivity contribution in [3.63, 3.8) is 0 Å². The van der Waals surface area contributed by atoms with Crippen molar-refractivity contribution in [2.24, 2.45) is 0 Å². The van der Waals surface area contributed by atoms with Gasteiger partial charge in [0, 0.05) is 18.5 Å². The van der Waals surface area contributed by atoms with Crippen molar-refractivity contribution in [2.45, 2.75) is 6.54 Å². The topological polar surface area (TPSA) is 41.0 Å². The minimum atomic E-state index is 0.842. The van der Waals surface area contributed by atoms with E-state index in [2.05, 4.69) is 44.1 Å². The number of hydrogen-bond donors (Lipinski definition) is 1. The van der Waals surface area contributed by atoms with Crippen LogP contribution in [0, 0.1) is 0 Å². The average Bonchev–Trinajstić information content (AvgIpc) is 2.82. The third-order valence-corrected chi connectivity index (χ3v) is 3.25. The summed E-state index contributed by atoms with van der Waals surface area (Å²) in [5.41, 5.74) is 3.50. The molecule has 1 aromatic carbocycles. The number of fused-ring (bicyclic) bond motifs is 1. The van der Waals surface area contributed by atoms with E-state index < -0.39 is 0 Å². The highest BCUT2D eigenvalue weighted by Gasteiger charge is 2.16. The summed E-state index contributed by atoms with van der Waals surface area (Å²) in [6, 6.07) is 8.37. The molecule has 1 aromatic heterocycles. The molecular weight excluding hydrogens is 220 g/mol. The summed E-state index contributed by atoms with van der Waals surface area (Å²) >= 11 is 1.41. The minimum Gasteiger partial charge on any atom is -0.382 e. The quantitative estimate of drug-likeness (QED) is 0.859. The Labute approximate surface area is 98.1 Å². The van der Waals surface area contributed by atoms with Crippen molar-refractivity contribution >= 4 is 22.9 Å².